The van der Waals surface area contributed by atoms with Crippen molar-refractivity contribution in [2.75, 3.05) is 5.32 Å². The molecule has 2 rings (SSSR count). The predicted octanol–water partition coefficient (Wildman–Crippen LogP) is 1.76. The second-order valence-electron chi connectivity index (χ2n) is 5.91. The highest BCUT2D eigenvalue weighted by molar-refractivity contribution is 5.99. The Morgan fingerprint density at radius 2 is 2.05 bits per heavy atom. The van der Waals surface area contributed by atoms with Crippen LogP contribution in [0.3, 0.4) is 0 Å². The van der Waals surface area contributed by atoms with Crippen LogP contribution in [0.25, 0.3) is 0 Å². The van der Waals surface area contributed by atoms with Crippen LogP contribution < -0.4 is 5.32 Å². The largest absolute Gasteiger partial charge is 0.481 e. The number of carboxylic acids is 1. The van der Waals surface area contributed by atoms with Crippen molar-refractivity contribution in [2.45, 2.75) is 33.7 Å². The predicted molar refractivity (Wildman–Crippen MR) is 69.6 cm³/mol. The van der Waals surface area contributed by atoms with Gasteiger partial charge in [0.1, 0.15) is 0 Å². The quantitative estimate of drug-likeness (QED) is 0.868. The third-order valence-corrected chi connectivity index (χ3v) is 3.77. The van der Waals surface area contributed by atoms with Gasteiger partial charge in [-0.15, -0.1) is 0 Å². The van der Waals surface area contributed by atoms with Crippen LogP contribution in [0.5, 0.6) is 0 Å². The molecule has 6 heteroatoms. The molecule has 104 valence electrons. The van der Waals surface area contributed by atoms with Crippen LogP contribution in [0.15, 0.2) is 12.4 Å². The lowest BCUT2D eigenvalue weighted by Gasteiger charge is -2.04. The molecule has 0 saturated heterocycles. The molecule has 0 radical (unpaired) electrons. The molecular weight excluding hydrogens is 246 g/mol. The molecule has 1 aliphatic rings. The Morgan fingerprint density at radius 1 is 1.42 bits per heavy atom. The normalized spacial score (nSPS) is 24.3. The Balaban J connectivity index is 2.04. The van der Waals surface area contributed by atoms with Crippen molar-refractivity contribution < 1.29 is 14.7 Å². The molecule has 2 N–H and O–H groups in total. The van der Waals surface area contributed by atoms with Crippen molar-refractivity contribution >= 4 is 17.6 Å². The topological polar surface area (TPSA) is 84.2 Å². The highest BCUT2D eigenvalue weighted by Gasteiger charge is 2.65. The number of hydrogen-bond acceptors (Lipinski definition) is 3. The van der Waals surface area contributed by atoms with Crippen LogP contribution in [0.2, 0.25) is 0 Å². The lowest BCUT2D eigenvalue weighted by Crippen LogP contribution is -2.17. The highest BCUT2D eigenvalue weighted by atomic mass is 16.4. The Kier molecular flexibility index (Phi) is 3.12. The number of carboxylic acid groups (broad SMARTS) is 1. The number of carbonyl (C=O) groups is 2. The molecule has 0 aromatic carbocycles. The Labute approximate surface area is 111 Å². The summed E-state index contributed by atoms with van der Waals surface area (Å²) < 4.78 is 1.74. The van der Waals surface area contributed by atoms with E-state index >= 15 is 0 Å². The van der Waals surface area contributed by atoms with Crippen molar-refractivity contribution in [1.82, 2.24) is 9.78 Å². The summed E-state index contributed by atoms with van der Waals surface area (Å²) in [4.78, 5) is 23.1. The first-order valence-electron chi connectivity index (χ1n) is 6.33. The van der Waals surface area contributed by atoms with E-state index in [2.05, 4.69) is 10.4 Å². The monoisotopic (exact) mass is 265 g/mol. The van der Waals surface area contributed by atoms with E-state index in [4.69, 9.17) is 5.11 Å². The Morgan fingerprint density at radius 3 is 2.47 bits per heavy atom. The molecule has 1 aliphatic carbocycles. The van der Waals surface area contributed by atoms with Crippen molar-refractivity contribution in [1.29, 1.82) is 0 Å². The summed E-state index contributed by atoms with van der Waals surface area (Å²) in [6.45, 7) is 7.58. The van der Waals surface area contributed by atoms with Gasteiger partial charge in [-0.2, -0.15) is 5.10 Å². The first-order valence-corrected chi connectivity index (χ1v) is 6.33. The molecule has 1 aromatic rings. The average molecular weight is 265 g/mol. The summed E-state index contributed by atoms with van der Waals surface area (Å²) in [5, 5.41) is 15.9. The van der Waals surface area contributed by atoms with Gasteiger partial charge in [-0.05, 0) is 19.3 Å². The van der Waals surface area contributed by atoms with Crippen molar-refractivity contribution in [3.63, 3.8) is 0 Å². The smallest absolute Gasteiger partial charge is 0.307 e. The highest BCUT2D eigenvalue weighted by Crippen LogP contribution is 2.58. The van der Waals surface area contributed by atoms with Gasteiger partial charge in [-0.3, -0.25) is 14.3 Å². The number of aliphatic carboxylic acids is 1. The number of anilines is 1. The maximum absolute atomic E-state index is 12.1. The first kappa shape index (κ1) is 13.6. The molecule has 1 saturated carbocycles. The fraction of sp³-hybridized carbons (Fsp3) is 0.615. The van der Waals surface area contributed by atoms with Crippen LogP contribution in [0, 0.1) is 17.3 Å². The number of carbonyl (C=O) groups excluding carboxylic acids is 1. The van der Waals surface area contributed by atoms with E-state index in [1.54, 1.807) is 30.9 Å². The molecule has 0 bridgehead atoms. The Bertz CT molecular complexity index is 519. The van der Waals surface area contributed by atoms with Gasteiger partial charge in [0.25, 0.3) is 0 Å². The summed E-state index contributed by atoms with van der Waals surface area (Å²) in [6.07, 6.45) is 3.32. The van der Waals surface area contributed by atoms with E-state index in [9.17, 15) is 9.59 Å². The van der Waals surface area contributed by atoms with Crippen LogP contribution in [0.1, 0.15) is 33.7 Å². The van der Waals surface area contributed by atoms with Crippen molar-refractivity contribution in [3.05, 3.63) is 12.4 Å². The summed E-state index contributed by atoms with van der Waals surface area (Å²) in [6, 6.07) is 0.217. The van der Waals surface area contributed by atoms with E-state index < -0.39 is 23.2 Å². The van der Waals surface area contributed by atoms with Crippen LogP contribution in [-0.2, 0) is 9.59 Å². The number of hydrogen-bond donors (Lipinski definition) is 2. The van der Waals surface area contributed by atoms with E-state index in [1.807, 2.05) is 13.8 Å². The fourth-order valence-electron chi connectivity index (χ4n) is 2.49. The van der Waals surface area contributed by atoms with Gasteiger partial charge in [-0.1, -0.05) is 13.8 Å². The standard InChI is InChI=1S/C13H19N3O3/c1-7(2)16-6-8(5-14-16)15-11(17)9-10(12(18)19)13(9,3)4/h5-7,9-10H,1-4H3,(H,15,17)(H,18,19). The van der Waals surface area contributed by atoms with Crippen LogP contribution in [-0.4, -0.2) is 26.8 Å². The zero-order valence-electron chi connectivity index (χ0n) is 11.5. The van der Waals surface area contributed by atoms with E-state index in [0.717, 1.165) is 0 Å². The lowest BCUT2D eigenvalue weighted by molar-refractivity contribution is -0.140. The molecule has 2 atom stereocenters. The first-order chi connectivity index (χ1) is 8.75. The minimum absolute atomic E-state index is 0.217. The molecule has 2 unspecified atom stereocenters. The Hall–Kier alpha value is -1.85. The van der Waals surface area contributed by atoms with Gasteiger partial charge in [-0.25, -0.2) is 0 Å². The third kappa shape index (κ3) is 2.34. The average Bonchev–Trinajstić information content (AvgIpc) is 2.67. The molecule has 6 nitrogen and oxygen atoms in total. The third-order valence-electron chi connectivity index (χ3n) is 3.77. The van der Waals surface area contributed by atoms with Gasteiger partial charge < -0.3 is 10.4 Å². The maximum atomic E-state index is 12.1. The molecule has 1 heterocycles. The second-order valence-corrected chi connectivity index (χ2v) is 5.91. The van der Waals surface area contributed by atoms with E-state index in [1.165, 1.54) is 0 Å². The molecule has 0 aliphatic heterocycles. The second kappa shape index (κ2) is 4.36. The minimum Gasteiger partial charge on any atom is -0.481 e. The molecular formula is C13H19N3O3. The zero-order chi connectivity index (χ0) is 14.4. The van der Waals surface area contributed by atoms with Gasteiger partial charge in [0, 0.05) is 12.2 Å². The van der Waals surface area contributed by atoms with Crippen LogP contribution >= 0.6 is 0 Å². The number of nitrogens with zero attached hydrogens (tertiary/aromatic N) is 2. The summed E-state index contributed by atoms with van der Waals surface area (Å²) >= 11 is 0. The van der Waals surface area contributed by atoms with Gasteiger partial charge >= 0.3 is 5.97 Å². The number of rotatable bonds is 4. The summed E-state index contributed by atoms with van der Waals surface area (Å²) in [5.41, 5.74) is 0.120. The number of amides is 1. The number of aromatic nitrogens is 2. The van der Waals surface area contributed by atoms with Gasteiger partial charge in [0.05, 0.1) is 23.7 Å². The molecule has 1 aromatic heterocycles. The minimum atomic E-state index is -0.914. The molecule has 0 spiro atoms. The number of nitrogens with one attached hydrogen (secondary N) is 1. The van der Waals surface area contributed by atoms with E-state index in [-0.39, 0.29) is 11.9 Å². The molecule has 19 heavy (non-hydrogen) atoms. The maximum Gasteiger partial charge on any atom is 0.307 e. The van der Waals surface area contributed by atoms with Gasteiger partial charge in [0.15, 0.2) is 0 Å². The summed E-state index contributed by atoms with van der Waals surface area (Å²) in [5.74, 6) is -2.25. The zero-order valence-corrected chi connectivity index (χ0v) is 11.5. The SMILES string of the molecule is CC(C)n1cc(NC(=O)C2C(C(=O)O)C2(C)C)cn1. The van der Waals surface area contributed by atoms with Crippen molar-refractivity contribution in [3.8, 4) is 0 Å². The molecule has 1 fully saturated rings. The van der Waals surface area contributed by atoms with E-state index in [0.29, 0.717) is 5.69 Å². The summed E-state index contributed by atoms with van der Waals surface area (Å²) in [7, 11) is 0. The molecule has 1 amide bonds. The van der Waals surface area contributed by atoms with Crippen LogP contribution in [0.4, 0.5) is 5.69 Å². The van der Waals surface area contributed by atoms with Crippen molar-refractivity contribution in [2.24, 2.45) is 17.3 Å². The fourth-order valence-corrected chi connectivity index (χ4v) is 2.49. The lowest BCUT2D eigenvalue weighted by atomic mass is 10.1. The van der Waals surface area contributed by atoms with Gasteiger partial charge in [0.2, 0.25) is 5.91 Å².